The Balaban J connectivity index is 1.28. The lowest BCUT2D eigenvalue weighted by atomic mass is 9.90. The van der Waals surface area contributed by atoms with E-state index in [1.165, 1.54) is 0 Å². The highest BCUT2D eigenvalue weighted by Gasteiger charge is 2.28. The van der Waals surface area contributed by atoms with Crippen LogP contribution in [0.2, 0.25) is 0 Å². The van der Waals surface area contributed by atoms with E-state index in [2.05, 4.69) is 15.2 Å². The van der Waals surface area contributed by atoms with Crippen molar-refractivity contribution in [3.63, 3.8) is 0 Å². The molecule has 9 nitrogen and oxygen atoms in total. The predicted molar refractivity (Wildman–Crippen MR) is 106 cm³/mol. The number of hydrogen-bond donors (Lipinski definition) is 1. The summed E-state index contributed by atoms with van der Waals surface area (Å²) in [5, 5.41) is 7.93. The highest BCUT2D eigenvalue weighted by molar-refractivity contribution is 5.97. The predicted octanol–water partition coefficient (Wildman–Crippen LogP) is 1.48. The third-order valence-electron chi connectivity index (χ3n) is 5.60. The molecular formula is C20H22F2N6O3. The number of Topliss-reactive ketones (excluding diaryl/α,β-unsaturated/α-hetero) is 1. The summed E-state index contributed by atoms with van der Waals surface area (Å²) in [6.07, 6.45) is 5.32. The van der Waals surface area contributed by atoms with Crippen LogP contribution in [0.3, 0.4) is 0 Å². The first kappa shape index (κ1) is 20.9. The van der Waals surface area contributed by atoms with Gasteiger partial charge in [-0.3, -0.25) is 19.1 Å². The molecule has 0 bridgehead atoms. The average molecular weight is 432 g/mol. The molecule has 0 spiro atoms. The third-order valence-corrected chi connectivity index (χ3v) is 5.60. The van der Waals surface area contributed by atoms with Gasteiger partial charge in [-0.25, -0.2) is 4.39 Å². The van der Waals surface area contributed by atoms with Gasteiger partial charge < -0.3 is 9.88 Å². The van der Waals surface area contributed by atoms with Crippen molar-refractivity contribution < 1.29 is 18.4 Å². The second-order valence-electron chi connectivity index (χ2n) is 7.76. The number of nitrogens with zero attached hydrogens (tertiary/aromatic N) is 5. The zero-order chi connectivity index (χ0) is 22.1. The summed E-state index contributed by atoms with van der Waals surface area (Å²) < 4.78 is 29.2. The Morgan fingerprint density at radius 2 is 2.00 bits per heavy atom. The number of ketones is 1. The molecular weight excluding hydrogens is 410 g/mol. The van der Waals surface area contributed by atoms with Crippen molar-refractivity contribution >= 4 is 17.2 Å². The number of aromatic amines is 1. The minimum absolute atomic E-state index is 0.0473. The number of piperidine rings is 1. The van der Waals surface area contributed by atoms with Gasteiger partial charge in [-0.2, -0.15) is 19.1 Å². The van der Waals surface area contributed by atoms with Crippen LogP contribution in [0.5, 0.6) is 0 Å². The van der Waals surface area contributed by atoms with Crippen LogP contribution in [0.4, 0.5) is 8.78 Å². The summed E-state index contributed by atoms with van der Waals surface area (Å²) in [6.45, 7) is 1.01. The van der Waals surface area contributed by atoms with Gasteiger partial charge in [-0.15, -0.1) is 0 Å². The summed E-state index contributed by atoms with van der Waals surface area (Å²) in [6, 6.07) is 0.789. The van der Waals surface area contributed by atoms with Crippen molar-refractivity contribution in [2.24, 2.45) is 13.0 Å². The largest absolute Gasteiger partial charge is 0.343 e. The fourth-order valence-electron chi connectivity index (χ4n) is 3.90. The molecule has 1 N–H and O–H groups in total. The second kappa shape index (κ2) is 8.40. The number of likely N-dealkylation sites (tertiary alicyclic amines) is 1. The van der Waals surface area contributed by atoms with Gasteiger partial charge in [-0.05, 0) is 19.3 Å². The number of halogens is 2. The zero-order valence-electron chi connectivity index (χ0n) is 17.0. The fraction of sp³-hybridized carbons (Fsp3) is 0.450. The first-order valence-electron chi connectivity index (χ1n) is 10.1. The van der Waals surface area contributed by atoms with Crippen LogP contribution in [0.15, 0.2) is 23.3 Å². The smallest absolute Gasteiger partial charge is 0.275 e. The molecule has 4 rings (SSSR count). The molecule has 164 valence electrons. The van der Waals surface area contributed by atoms with Crippen LogP contribution in [-0.4, -0.2) is 54.1 Å². The number of carbonyl (C=O) groups is 2. The van der Waals surface area contributed by atoms with Crippen molar-refractivity contribution in [1.29, 1.82) is 0 Å². The van der Waals surface area contributed by atoms with Gasteiger partial charge in [0.2, 0.25) is 5.91 Å². The molecule has 0 radical (unpaired) electrons. The number of aryl methyl sites for hydroxylation is 2. The van der Waals surface area contributed by atoms with E-state index in [9.17, 15) is 23.2 Å². The molecule has 3 aromatic heterocycles. The summed E-state index contributed by atoms with van der Waals surface area (Å²) in [5.74, 6) is -2.29. The Hall–Kier alpha value is -3.37. The Kier molecular flexibility index (Phi) is 5.66. The average Bonchev–Trinajstić information content (AvgIpc) is 3.32. The second-order valence-corrected chi connectivity index (χ2v) is 7.76. The molecule has 1 aliphatic rings. The Bertz CT molecular complexity index is 1190. The van der Waals surface area contributed by atoms with Crippen LogP contribution >= 0.6 is 0 Å². The lowest BCUT2D eigenvalue weighted by Crippen LogP contribution is -2.40. The number of H-pyrrole nitrogens is 1. The highest BCUT2D eigenvalue weighted by Crippen LogP contribution is 2.22. The molecule has 1 fully saturated rings. The molecule has 0 aromatic carbocycles. The Morgan fingerprint density at radius 1 is 1.26 bits per heavy atom. The SMILES string of the molecule is Cn1cc(C(=O)C2CCN(C(=O)CCCc3nn4c(F)c(F)cc4c(=O)[nH]3)CC2)cn1. The van der Waals surface area contributed by atoms with Crippen molar-refractivity contribution in [3.05, 3.63) is 52.0 Å². The summed E-state index contributed by atoms with van der Waals surface area (Å²) in [5.41, 5.74) is -0.261. The van der Waals surface area contributed by atoms with E-state index in [1.54, 1.807) is 29.0 Å². The van der Waals surface area contributed by atoms with E-state index in [1.807, 2.05) is 0 Å². The molecule has 1 saturated heterocycles. The fourth-order valence-corrected chi connectivity index (χ4v) is 3.90. The Labute approximate surface area is 175 Å². The third kappa shape index (κ3) is 4.25. The lowest BCUT2D eigenvalue weighted by molar-refractivity contribution is -0.132. The van der Waals surface area contributed by atoms with Gasteiger partial charge in [0, 0.05) is 51.2 Å². The number of fused-ring (bicyclic) bond motifs is 1. The number of rotatable bonds is 6. The number of carbonyl (C=O) groups excluding carboxylic acids is 2. The van der Waals surface area contributed by atoms with Crippen molar-refractivity contribution in [1.82, 2.24) is 29.3 Å². The van der Waals surface area contributed by atoms with E-state index >= 15 is 0 Å². The van der Waals surface area contributed by atoms with Crippen molar-refractivity contribution in [3.8, 4) is 0 Å². The number of aromatic nitrogens is 5. The number of hydrogen-bond acceptors (Lipinski definition) is 5. The molecule has 0 unspecified atom stereocenters. The molecule has 11 heteroatoms. The molecule has 0 saturated carbocycles. The van der Waals surface area contributed by atoms with Gasteiger partial charge in [0.05, 0.1) is 11.8 Å². The van der Waals surface area contributed by atoms with Crippen molar-refractivity contribution in [2.75, 3.05) is 13.1 Å². The van der Waals surface area contributed by atoms with Gasteiger partial charge in [0.25, 0.3) is 11.5 Å². The minimum Gasteiger partial charge on any atom is -0.343 e. The van der Waals surface area contributed by atoms with Crippen molar-refractivity contribution in [2.45, 2.75) is 32.1 Å². The van der Waals surface area contributed by atoms with Crippen LogP contribution in [0.1, 0.15) is 41.9 Å². The Morgan fingerprint density at radius 3 is 2.68 bits per heavy atom. The first-order chi connectivity index (χ1) is 14.8. The minimum atomic E-state index is -1.22. The highest BCUT2D eigenvalue weighted by atomic mass is 19.2. The molecule has 0 aliphatic carbocycles. The number of nitrogens with one attached hydrogen (secondary N) is 1. The van der Waals surface area contributed by atoms with Gasteiger partial charge in [0.1, 0.15) is 11.3 Å². The zero-order valence-corrected chi connectivity index (χ0v) is 17.0. The maximum atomic E-state index is 13.7. The monoisotopic (exact) mass is 432 g/mol. The summed E-state index contributed by atoms with van der Waals surface area (Å²) in [4.78, 5) is 41.2. The van der Waals surface area contributed by atoms with E-state index in [0.29, 0.717) is 42.4 Å². The van der Waals surface area contributed by atoms with Crippen LogP contribution < -0.4 is 5.56 Å². The first-order valence-corrected chi connectivity index (χ1v) is 10.1. The van der Waals surface area contributed by atoms with Gasteiger partial charge in [-0.1, -0.05) is 0 Å². The van der Waals surface area contributed by atoms with Crippen LogP contribution in [-0.2, 0) is 18.3 Å². The maximum absolute atomic E-state index is 13.7. The molecule has 0 atom stereocenters. The quantitative estimate of drug-likeness (QED) is 0.594. The topological polar surface area (TPSA) is 105 Å². The lowest BCUT2D eigenvalue weighted by Gasteiger charge is -2.31. The molecule has 4 heterocycles. The van der Waals surface area contributed by atoms with Gasteiger partial charge in [0.15, 0.2) is 11.6 Å². The maximum Gasteiger partial charge on any atom is 0.275 e. The molecule has 3 aromatic rings. The van der Waals surface area contributed by atoms with E-state index in [4.69, 9.17) is 0 Å². The standard InChI is InChI=1S/C20H22F2N6O3/c1-26-11-13(10-23-26)18(30)12-5-7-27(8-6-12)17(29)4-2-3-16-24-20(31)15-9-14(21)19(22)28(15)25-16/h9-12H,2-8H2,1H3,(H,24,25,31). The number of amides is 1. The van der Waals surface area contributed by atoms with E-state index in [0.717, 1.165) is 6.07 Å². The summed E-state index contributed by atoms with van der Waals surface area (Å²) >= 11 is 0. The molecule has 1 amide bonds. The molecule has 31 heavy (non-hydrogen) atoms. The van der Waals surface area contributed by atoms with Crippen LogP contribution in [0, 0.1) is 17.7 Å². The van der Waals surface area contributed by atoms with E-state index in [-0.39, 0.29) is 41.8 Å². The normalized spacial score (nSPS) is 15.0. The van der Waals surface area contributed by atoms with Crippen LogP contribution in [0.25, 0.3) is 5.52 Å². The van der Waals surface area contributed by atoms with Gasteiger partial charge >= 0.3 is 0 Å². The molecule has 1 aliphatic heterocycles. The summed E-state index contributed by atoms with van der Waals surface area (Å²) in [7, 11) is 1.76. The van der Waals surface area contributed by atoms with E-state index < -0.39 is 17.3 Å².